The molecule has 0 saturated heterocycles. The van der Waals surface area contributed by atoms with Crippen molar-refractivity contribution in [3.05, 3.63) is 28.6 Å². The summed E-state index contributed by atoms with van der Waals surface area (Å²) in [6.45, 7) is 0.854. The quantitative estimate of drug-likeness (QED) is 0.631. The minimum Gasteiger partial charge on any atom is -0.372 e. The van der Waals surface area contributed by atoms with Gasteiger partial charge in [0.05, 0.1) is 17.2 Å². The lowest BCUT2D eigenvalue weighted by Gasteiger charge is -1.96. The van der Waals surface area contributed by atoms with E-state index in [-0.39, 0.29) is 0 Å². The van der Waals surface area contributed by atoms with E-state index in [4.69, 9.17) is 0 Å². The average molecular weight is 152 g/mol. The second kappa shape index (κ2) is 2.34. The molecule has 1 aromatic heterocycles. The van der Waals surface area contributed by atoms with E-state index in [9.17, 15) is 0 Å². The van der Waals surface area contributed by atoms with Crippen LogP contribution >= 0.6 is 11.3 Å². The van der Waals surface area contributed by atoms with E-state index in [1.807, 2.05) is 6.20 Å². The Bertz CT molecular complexity index is 238. The number of hydrogen-bond acceptors (Lipinski definition) is 3. The molecule has 2 nitrogen and oxygen atoms in total. The van der Waals surface area contributed by atoms with Gasteiger partial charge >= 0.3 is 0 Å². The van der Waals surface area contributed by atoms with Crippen molar-refractivity contribution in [2.75, 3.05) is 6.67 Å². The molecular weight excluding hydrogens is 144 g/mol. The fourth-order valence-corrected chi connectivity index (χ4v) is 1.66. The largest absolute Gasteiger partial charge is 0.372 e. The van der Waals surface area contributed by atoms with Crippen LogP contribution in [0.5, 0.6) is 0 Å². The van der Waals surface area contributed by atoms with Crippen molar-refractivity contribution in [3.8, 4) is 0 Å². The lowest BCUT2D eigenvalue weighted by atomic mass is 10.4. The summed E-state index contributed by atoms with van der Waals surface area (Å²) in [6.07, 6.45) is 2.01. The molecule has 0 amide bonds. The Morgan fingerprint density at radius 2 is 2.50 bits per heavy atom. The van der Waals surface area contributed by atoms with Crippen molar-refractivity contribution in [2.45, 2.75) is 0 Å². The Morgan fingerprint density at radius 3 is 3.10 bits per heavy atom. The summed E-state index contributed by atoms with van der Waals surface area (Å²) < 4.78 is 0. The molecule has 52 valence electrons. The number of rotatable bonds is 1. The minimum absolute atomic E-state index is 0.854. The molecule has 0 saturated carbocycles. The van der Waals surface area contributed by atoms with Crippen LogP contribution in [0.4, 0.5) is 0 Å². The second-order valence-corrected chi connectivity index (χ2v) is 3.04. The standard InChI is InChI=1S/C7H8N2S/c1-2-7(10-3-1)6-4-8-5-9-6/h1-4,8-9H,5H2. The maximum Gasteiger partial charge on any atom is 0.0846 e. The first-order valence-corrected chi connectivity index (χ1v) is 4.06. The van der Waals surface area contributed by atoms with Gasteiger partial charge in [0.1, 0.15) is 0 Å². The van der Waals surface area contributed by atoms with E-state index < -0.39 is 0 Å². The Labute approximate surface area is 63.6 Å². The summed E-state index contributed by atoms with van der Waals surface area (Å²) in [5.74, 6) is 0. The molecule has 0 fully saturated rings. The van der Waals surface area contributed by atoms with Crippen LogP contribution in [0.25, 0.3) is 5.70 Å². The monoisotopic (exact) mass is 152 g/mol. The lowest BCUT2D eigenvalue weighted by molar-refractivity contribution is 0.843. The third-order valence-corrected chi connectivity index (χ3v) is 2.32. The van der Waals surface area contributed by atoms with Crippen LogP contribution in [0.2, 0.25) is 0 Å². The van der Waals surface area contributed by atoms with Gasteiger partial charge in [-0.05, 0) is 11.4 Å². The first-order valence-electron chi connectivity index (χ1n) is 3.18. The topological polar surface area (TPSA) is 24.1 Å². The predicted octanol–water partition coefficient (Wildman–Crippen LogP) is 1.20. The second-order valence-electron chi connectivity index (χ2n) is 2.09. The number of thiophene rings is 1. The third-order valence-electron chi connectivity index (χ3n) is 1.41. The molecule has 0 unspecified atom stereocenters. The highest BCUT2D eigenvalue weighted by Crippen LogP contribution is 2.17. The average Bonchev–Trinajstić information content (AvgIpc) is 2.59. The molecule has 1 aliphatic rings. The predicted molar refractivity (Wildman–Crippen MR) is 43.4 cm³/mol. The maximum absolute atomic E-state index is 3.22. The zero-order chi connectivity index (χ0) is 6.81. The first-order chi connectivity index (χ1) is 4.97. The Morgan fingerprint density at radius 1 is 1.50 bits per heavy atom. The van der Waals surface area contributed by atoms with Gasteiger partial charge in [-0.3, -0.25) is 0 Å². The Hall–Kier alpha value is -0.960. The van der Waals surface area contributed by atoms with Crippen LogP contribution in [0, 0.1) is 0 Å². The zero-order valence-corrected chi connectivity index (χ0v) is 6.24. The molecule has 0 radical (unpaired) electrons. The maximum atomic E-state index is 3.22. The van der Waals surface area contributed by atoms with Crippen molar-refractivity contribution < 1.29 is 0 Å². The summed E-state index contributed by atoms with van der Waals surface area (Å²) in [5.41, 5.74) is 1.20. The van der Waals surface area contributed by atoms with Gasteiger partial charge in [0.15, 0.2) is 0 Å². The van der Waals surface area contributed by atoms with Crippen LogP contribution in [-0.4, -0.2) is 6.67 Å². The molecule has 0 aromatic carbocycles. The molecule has 2 heterocycles. The van der Waals surface area contributed by atoms with Crippen molar-refractivity contribution in [1.82, 2.24) is 10.6 Å². The molecule has 2 N–H and O–H groups in total. The van der Waals surface area contributed by atoms with E-state index in [1.54, 1.807) is 11.3 Å². The summed E-state index contributed by atoms with van der Waals surface area (Å²) >= 11 is 1.75. The molecular formula is C7H8N2S. The Kier molecular flexibility index (Phi) is 1.36. The highest BCUT2D eigenvalue weighted by Gasteiger charge is 2.04. The molecule has 2 rings (SSSR count). The van der Waals surface area contributed by atoms with Gasteiger partial charge in [0, 0.05) is 6.20 Å². The van der Waals surface area contributed by atoms with Gasteiger partial charge in [-0.15, -0.1) is 11.3 Å². The van der Waals surface area contributed by atoms with Crippen molar-refractivity contribution in [1.29, 1.82) is 0 Å². The van der Waals surface area contributed by atoms with E-state index in [1.165, 1.54) is 10.6 Å². The smallest absolute Gasteiger partial charge is 0.0846 e. The van der Waals surface area contributed by atoms with Crippen LogP contribution in [0.3, 0.4) is 0 Å². The molecule has 0 spiro atoms. The van der Waals surface area contributed by atoms with E-state index in [0.29, 0.717) is 0 Å². The van der Waals surface area contributed by atoms with Crippen LogP contribution in [-0.2, 0) is 0 Å². The van der Waals surface area contributed by atoms with E-state index in [0.717, 1.165) is 6.67 Å². The number of hydrogen-bond donors (Lipinski definition) is 2. The fraction of sp³-hybridized carbons (Fsp3) is 0.143. The van der Waals surface area contributed by atoms with E-state index in [2.05, 4.69) is 28.1 Å². The third kappa shape index (κ3) is 0.885. The summed E-state index contributed by atoms with van der Waals surface area (Å²) in [4.78, 5) is 1.30. The Balaban J connectivity index is 2.28. The van der Waals surface area contributed by atoms with Gasteiger partial charge in [0.25, 0.3) is 0 Å². The van der Waals surface area contributed by atoms with Crippen LogP contribution in [0.1, 0.15) is 4.88 Å². The minimum atomic E-state index is 0.854. The highest BCUT2D eigenvalue weighted by molar-refractivity contribution is 7.11. The van der Waals surface area contributed by atoms with Crippen molar-refractivity contribution in [2.24, 2.45) is 0 Å². The SMILES string of the molecule is C1=C(c2cccs2)NCN1. The molecule has 10 heavy (non-hydrogen) atoms. The highest BCUT2D eigenvalue weighted by atomic mass is 32.1. The van der Waals surface area contributed by atoms with E-state index >= 15 is 0 Å². The van der Waals surface area contributed by atoms with Gasteiger partial charge in [-0.25, -0.2) is 0 Å². The summed E-state index contributed by atoms with van der Waals surface area (Å²) in [7, 11) is 0. The normalized spacial score (nSPS) is 15.8. The molecule has 0 atom stereocenters. The van der Waals surface area contributed by atoms with Crippen molar-refractivity contribution in [3.63, 3.8) is 0 Å². The van der Waals surface area contributed by atoms with Gasteiger partial charge in [-0.1, -0.05) is 6.07 Å². The van der Waals surface area contributed by atoms with Crippen molar-refractivity contribution >= 4 is 17.0 Å². The molecule has 0 bridgehead atoms. The van der Waals surface area contributed by atoms with Gasteiger partial charge in [-0.2, -0.15) is 0 Å². The molecule has 1 aliphatic heterocycles. The molecule has 1 aromatic rings. The lowest BCUT2D eigenvalue weighted by Crippen LogP contribution is -2.13. The first kappa shape index (κ1) is 5.80. The van der Waals surface area contributed by atoms with Crippen LogP contribution < -0.4 is 10.6 Å². The fourth-order valence-electron chi connectivity index (χ4n) is 0.940. The zero-order valence-electron chi connectivity index (χ0n) is 5.42. The summed E-state index contributed by atoms with van der Waals surface area (Å²) in [5, 5.41) is 8.39. The summed E-state index contributed by atoms with van der Waals surface area (Å²) in [6, 6.07) is 4.16. The molecule has 3 heteroatoms. The van der Waals surface area contributed by atoms with Gasteiger partial charge in [0.2, 0.25) is 0 Å². The number of nitrogens with one attached hydrogen (secondary N) is 2. The van der Waals surface area contributed by atoms with Gasteiger partial charge < -0.3 is 10.6 Å². The molecule has 0 aliphatic carbocycles. The van der Waals surface area contributed by atoms with Crippen LogP contribution in [0.15, 0.2) is 23.7 Å².